The van der Waals surface area contributed by atoms with Crippen molar-refractivity contribution in [1.82, 2.24) is 3.97 Å². The van der Waals surface area contributed by atoms with E-state index in [1.807, 2.05) is 30.3 Å². The minimum atomic E-state index is -3.88. The maximum Gasteiger partial charge on any atom is 0.303 e. The van der Waals surface area contributed by atoms with Crippen LogP contribution in [0.3, 0.4) is 0 Å². The summed E-state index contributed by atoms with van der Waals surface area (Å²) in [6.07, 6.45) is 1.71. The molecule has 0 aliphatic carbocycles. The average Bonchev–Trinajstić information content (AvgIpc) is 3.12. The lowest BCUT2D eigenvalue weighted by Crippen LogP contribution is -2.12. The largest absolute Gasteiger partial charge is 0.481 e. The Hall–Kier alpha value is -3.09. The van der Waals surface area contributed by atoms with E-state index in [1.54, 1.807) is 42.5 Å². The number of halogens is 1. The van der Waals surface area contributed by atoms with Gasteiger partial charge in [-0.1, -0.05) is 54.1 Å². The highest BCUT2D eigenvalue weighted by atomic mass is 35.5. The van der Waals surface area contributed by atoms with E-state index in [2.05, 4.69) is 0 Å². The van der Waals surface area contributed by atoms with Gasteiger partial charge in [-0.3, -0.25) is 4.79 Å². The van der Waals surface area contributed by atoms with Crippen LogP contribution in [0.25, 0.3) is 22.0 Å². The highest BCUT2D eigenvalue weighted by Crippen LogP contribution is 2.29. The lowest BCUT2D eigenvalue weighted by Gasteiger charge is -2.10. The van der Waals surface area contributed by atoms with Crippen molar-refractivity contribution in [1.29, 1.82) is 0 Å². The zero-order chi connectivity index (χ0) is 21.3. The molecule has 0 atom stereocenters. The number of hydrogen-bond acceptors (Lipinski definition) is 3. The molecule has 1 heterocycles. The van der Waals surface area contributed by atoms with Crippen molar-refractivity contribution in [2.75, 3.05) is 0 Å². The van der Waals surface area contributed by atoms with Crippen LogP contribution in [0, 0.1) is 0 Å². The van der Waals surface area contributed by atoms with Crippen LogP contribution >= 0.6 is 11.6 Å². The normalized spacial score (nSPS) is 11.6. The molecule has 152 valence electrons. The SMILES string of the molecule is O=C(O)CCc1cn(S(=O)(=O)c2cccc(-c3ccc(Cl)cc3)c2)c2ccccc12. The molecule has 3 aromatic carbocycles. The molecule has 0 radical (unpaired) electrons. The van der Waals surface area contributed by atoms with E-state index in [0.29, 0.717) is 16.1 Å². The summed E-state index contributed by atoms with van der Waals surface area (Å²) in [6, 6.07) is 21.0. The smallest absolute Gasteiger partial charge is 0.303 e. The fourth-order valence-corrected chi connectivity index (χ4v) is 5.01. The lowest BCUT2D eigenvalue weighted by molar-refractivity contribution is -0.136. The summed E-state index contributed by atoms with van der Waals surface area (Å²) in [6.45, 7) is 0. The number of carboxylic acids is 1. The third-order valence-corrected chi connectivity index (χ3v) is 6.86. The van der Waals surface area contributed by atoms with Gasteiger partial charge in [0.05, 0.1) is 10.4 Å². The molecule has 0 amide bonds. The highest BCUT2D eigenvalue weighted by Gasteiger charge is 2.22. The summed E-state index contributed by atoms with van der Waals surface area (Å²) in [5, 5.41) is 10.4. The van der Waals surface area contributed by atoms with E-state index in [-0.39, 0.29) is 17.7 Å². The molecule has 0 aliphatic rings. The molecule has 0 saturated heterocycles. The molecule has 7 heteroatoms. The van der Waals surface area contributed by atoms with Crippen LogP contribution in [-0.2, 0) is 21.2 Å². The number of fused-ring (bicyclic) bond motifs is 1. The second kappa shape index (κ2) is 7.97. The number of carbonyl (C=O) groups is 1. The quantitative estimate of drug-likeness (QED) is 0.447. The second-order valence-electron chi connectivity index (χ2n) is 6.90. The summed E-state index contributed by atoms with van der Waals surface area (Å²) in [5.41, 5.74) is 2.83. The molecule has 30 heavy (non-hydrogen) atoms. The summed E-state index contributed by atoms with van der Waals surface area (Å²) < 4.78 is 28.2. The Bertz CT molecular complexity index is 1340. The van der Waals surface area contributed by atoms with Gasteiger partial charge < -0.3 is 5.11 Å². The summed E-state index contributed by atoms with van der Waals surface area (Å²) in [4.78, 5) is 11.1. The fourth-order valence-electron chi connectivity index (χ4n) is 3.45. The van der Waals surface area contributed by atoms with Crippen LogP contribution in [0.15, 0.2) is 83.9 Å². The maximum absolute atomic E-state index is 13.5. The number of nitrogens with zero attached hydrogens (tertiary/aromatic N) is 1. The van der Waals surface area contributed by atoms with Gasteiger partial charge in [-0.2, -0.15) is 0 Å². The third-order valence-electron chi connectivity index (χ3n) is 4.94. The number of benzene rings is 3. The van der Waals surface area contributed by atoms with E-state index in [0.717, 1.165) is 16.5 Å². The molecule has 5 nitrogen and oxygen atoms in total. The van der Waals surface area contributed by atoms with Crippen LogP contribution in [0.2, 0.25) is 5.02 Å². The number of hydrogen-bond donors (Lipinski definition) is 1. The molecule has 0 spiro atoms. The van der Waals surface area contributed by atoms with E-state index >= 15 is 0 Å². The summed E-state index contributed by atoms with van der Waals surface area (Å²) in [5.74, 6) is -0.926. The van der Waals surface area contributed by atoms with Crippen molar-refractivity contribution < 1.29 is 18.3 Å². The van der Waals surface area contributed by atoms with Gasteiger partial charge in [-0.25, -0.2) is 12.4 Å². The van der Waals surface area contributed by atoms with Crippen molar-refractivity contribution in [2.24, 2.45) is 0 Å². The Labute approximate surface area is 179 Å². The minimum absolute atomic E-state index is 0.0693. The standard InChI is InChI=1S/C23H18ClNO4S/c24-19-11-8-16(9-12-19)17-4-3-5-20(14-17)30(28,29)25-15-18(10-13-23(26)27)21-6-1-2-7-22(21)25/h1-9,11-12,14-15H,10,13H2,(H,26,27). The van der Waals surface area contributed by atoms with Gasteiger partial charge in [-0.15, -0.1) is 0 Å². The van der Waals surface area contributed by atoms with Gasteiger partial charge in [0.1, 0.15) is 0 Å². The van der Waals surface area contributed by atoms with Crippen LogP contribution in [0.4, 0.5) is 0 Å². The number of aromatic nitrogens is 1. The van der Waals surface area contributed by atoms with E-state index in [4.69, 9.17) is 16.7 Å². The van der Waals surface area contributed by atoms with Gasteiger partial charge in [0.2, 0.25) is 0 Å². The van der Waals surface area contributed by atoms with Crippen LogP contribution in [-0.4, -0.2) is 23.5 Å². The fraction of sp³-hybridized carbons (Fsp3) is 0.0870. The average molecular weight is 440 g/mol. The van der Waals surface area contributed by atoms with Gasteiger partial charge >= 0.3 is 5.97 Å². The first-order valence-corrected chi connectivity index (χ1v) is 11.1. The lowest BCUT2D eigenvalue weighted by atomic mass is 10.1. The molecule has 0 unspecified atom stereocenters. The molecule has 4 aromatic rings. The Morgan fingerprint density at radius 3 is 2.40 bits per heavy atom. The van der Waals surface area contributed by atoms with Gasteiger partial charge in [0, 0.05) is 23.0 Å². The molecule has 0 bridgehead atoms. The van der Waals surface area contributed by atoms with Crippen molar-refractivity contribution in [3.8, 4) is 11.1 Å². The predicted molar refractivity (Wildman–Crippen MR) is 117 cm³/mol. The first kappa shape index (κ1) is 20.2. The Balaban J connectivity index is 1.81. The Morgan fingerprint density at radius 2 is 1.67 bits per heavy atom. The molecule has 0 saturated carbocycles. The molecular formula is C23H18ClNO4S. The zero-order valence-electron chi connectivity index (χ0n) is 15.8. The molecule has 1 N–H and O–H groups in total. The van der Waals surface area contributed by atoms with Gasteiger partial charge in [0.15, 0.2) is 0 Å². The second-order valence-corrected chi connectivity index (χ2v) is 9.15. The van der Waals surface area contributed by atoms with Crippen molar-refractivity contribution in [3.05, 3.63) is 89.6 Å². The van der Waals surface area contributed by atoms with Gasteiger partial charge in [-0.05, 0) is 53.4 Å². The molecule has 0 fully saturated rings. The zero-order valence-corrected chi connectivity index (χ0v) is 17.4. The Morgan fingerprint density at radius 1 is 0.933 bits per heavy atom. The molecule has 4 rings (SSSR count). The predicted octanol–water partition coefficient (Wildman–Crippen LogP) is 5.22. The third kappa shape index (κ3) is 3.84. The molecule has 1 aromatic heterocycles. The number of carboxylic acid groups (broad SMARTS) is 1. The van der Waals surface area contributed by atoms with Crippen molar-refractivity contribution in [3.63, 3.8) is 0 Å². The van der Waals surface area contributed by atoms with E-state index in [1.165, 1.54) is 10.2 Å². The first-order valence-electron chi connectivity index (χ1n) is 9.28. The monoisotopic (exact) mass is 439 g/mol. The maximum atomic E-state index is 13.5. The van der Waals surface area contributed by atoms with E-state index in [9.17, 15) is 13.2 Å². The van der Waals surface area contributed by atoms with Crippen LogP contribution < -0.4 is 0 Å². The van der Waals surface area contributed by atoms with Crippen molar-refractivity contribution in [2.45, 2.75) is 17.7 Å². The number of para-hydroxylation sites is 1. The number of aliphatic carboxylic acids is 1. The number of aryl methyl sites for hydroxylation is 1. The van der Waals surface area contributed by atoms with Crippen LogP contribution in [0.1, 0.15) is 12.0 Å². The first-order chi connectivity index (χ1) is 14.4. The van der Waals surface area contributed by atoms with Crippen molar-refractivity contribution >= 4 is 38.5 Å². The molecular weight excluding hydrogens is 422 g/mol. The summed E-state index contributed by atoms with van der Waals surface area (Å²) in [7, 11) is -3.88. The number of rotatable bonds is 6. The minimum Gasteiger partial charge on any atom is -0.481 e. The highest BCUT2D eigenvalue weighted by molar-refractivity contribution is 7.90. The molecule has 0 aliphatic heterocycles. The van der Waals surface area contributed by atoms with Gasteiger partial charge in [0.25, 0.3) is 10.0 Å². The van der Waals surface area contributed by atoms with E-state index < -0.39 is 16.0 Å². The van der Waals surface area contributed by atoms with Crippen LogP contribution in [0.5, 0.6) is 0 Å². The Kier molecular flexibility index (Phi) is 5.37. The topological polar surface area (TPSA) is 76.4 Å². The summed E-state index contributed by atoms with van der Waals surface area (Å²) >= 11 is 5.95.